The van der Waals surface area contributed by atoms with E-state index in [1.807, 2.05) is 6.08 Å². The minimum Gasteiger partial charge on any atom is -0.490 e. The highest BCUT2D eigenvalue weighted by molar-refractivity contribution is 5.95. The van der Waals surface area contributed by atoms with Crippen molar-refractivity contribution in [2.45, 2.75) is 25.3 Å². The van der Waals surface area contributed by atoms with E-state index in [-0.39, 0.29) is 5.78 Å². The monoisotopic (exact) mass is 210 g/mol. The van der Waals surface area contributed by atoms with E-state index in [4.69, 9.17) is 10.5 Å². The largest absolute Gasteiger partial charge is 0.490 e. The van der Waals surface area contributed by atoms with Crippen LogP contribution in [-0.4, -0.2) is 43.0 Å². The van der Waals surface area contributed by atoms with E-state index in [0.29, 0.717) is 25.0 Å². The molecule has 0 bridgehead atoms. The third kappa shape index (κ3) is 2.79. The highest BCUT2D eigenvalue weighted by atomic mass is 16.5. The third-order valence-corrected chi connectivity index (χ3v) is 2.98. The lowest BCUT2D eigenvalue weighted by Gasteiger charge is -2.29. The molecule has 0 spiro atoms. The van der Waals surface area contributed by atoms with Crippen molar-refractivity contribution in [3.63, 3.8) is 0 Å². The molecule has 0 aromatic rings. The topological polar surface area (TPSA) is 55.6 Å². The molecule has 2 rings (SSSR count). The molecule has 2 aliphatic heterocycles. The van der Waals surface area contributed by atoms with Gasteiger partial charge in [-0.15, -0.1) is 0 Å². The fourth-order valence-electron chi connectivity index (χ4n) is 2.00. The van der Waals surface area contributed by atoms with Crippen molar-refractivity contribution >= 4 is 5.78 Å². The van der Waals surface area contributed by atoms with Gasteiger partial charge in [-0.1, -0.05) is 0 Å². The van der Waals surface area contributed by atoms with Gasteiger partial charge in [0.15, 0.2) is 5.76 Å². The molecule has 0 atom stereocenters. The Labute approximate surface area is 90.1 Å². The molecule has 1 saturated heterocycles. The van der Waals surface area contributed by atoms with Crippen LogP contribution >= 0.6 is 0 Å². The van der Waals surface area contributed by atoms with Crippen LogP contribution in [0, 0.1) is 0 Å². The van der Waals surface area contributed by atoms with Gasteiger partial charge in [0.25, 0.3) is 0 Å². The summed E-state index contributed by atoms with van der Waals surface area (Å²) in [4.78, 5) is 13.9. The first-order valence-electron chi connectivity index (χ1n) is 5.60. The molecule has 0 saturated carbocycles. The van der Waals surface area contributed by atoms with E-state index < -0.39 is 0 Å². The van der Waals surface area contributed by atoms with Crippen LogP contribution in [-0.2, 0) is 9.53 Å². The lowest BCUT2D eigenvalue weighted by Crippen LogP contribution is -2.42. The Bertz CT molecular complexity index is 268. The van der Waals surface area contributed by atoms with Gasteiger partial charge in [-0.3, -0.25) is 9.69 Å². The molecule has 2 N–H and O–H groups in total. The molecule has 0 aromatic heterocycles. The molecule has 4 nitrogen and oxygen atoms in total. The molecule has 2 heterocycles. The van der Waals surface area contributed by atoms with E-state index in [1.54, 1.807) is 0 Å². The molecular weight excluding hydrogens is 192 g/mol. The van der Waals surface area contributed by atoms with Gasteiger partial charge in [-0.25, -0.2) is 0 Å². The van der Waals surface area contributed by atoms with Gasteiger partial charge >= 0.3 is 0 Å². The zero-order valence-corrected chi connectivity index (χ0v) is 8.95. The van der Waals surface area contributed by atoms with Crippen molar-refractivity contribution < 1.29 is 9.53 Å². The summed E-state index contributed by atoms with van der Waals surface area (Å²) < 4.78 is 5.24. The number of rotatable bonds is 3. The molecule has 15 heavy (non-hydrogen) atoms. The molecule has 2 aliphatic rings. The van der Waals surface area contributed by atoms with Crippen molar-refractivity contribution in [1.29, 1.82) is 0 Å². The average molecular weight is 210 g/mol. The summed E-state index contributed by atoms with van der Waals surface area (Å²) in [6.07, 6.45) is 4.74. The van der Waals surface area contributed by atoms with Crippen molar-refractivity contribution in [3.05, 3.63) is 11.8 Å². The number of likely N-dealkylation sites (tertiary alicyclic amines) is 1. The van der Waals surface area contributed by atoms with Crippen molar-refractivity contribution in [2.75, 3.05) is 26.2 Å². The Hall–Kier alpha value is -0.870. The highest BCUT2D eigenvalue weighted by Crippen LogP contribution is 2.13. The van der Waals surface area contributed by atoms with Crippen molar-refractivity contribution in [3.8, 4) is 0 Å². The van der Waals surface area contributed by atoms with Crippen molar-refractivity contribution in [1.82, 2.24) is 4.90 Å². The SMILES string of the molecule is NC1CCN(CC(=O)C2=CCCO2)CC1. The van der Waals surface area contributed by atoms with E-state index in [1.165, 1.54) is 0 Å². The van der Waals surface area contributed by atoms with Crippen LogP contribution in [0.15, 0.2) is 11.8 Å². The minimum absolute atomic E-state index is 0.114. The molecule has 0 unspecified atom stereocenters. The first kappa shape index (κ1) is 10.6. The Morgan fingerprint density at radius 1 is 1.53 bits per heavy atom. The van der Waals surface area contributed by atoms with Gasteiger partial charge in [0.2, 0.25) is 5.78 Å². The summed E-state index contributed by atoms with van der Waals surface area (Å²) in [5, 5.41) is 0. The summed E-state index contributed by atoms with van der Waals surface area (Å²) in [7, 11) is 0. The first-order valence-corrected chi connectivity index (χ1v) is 5.60. The number of hydrogen-bond acceptors (Lipinski definition) is 4. The normalized spacial score (nSPS) is 23.7. The zero-order valence-electron chi connectivity index (χ0n) is 8.95. The van der Waals surface area contributed by atoms with E-state index in [9.17, 15) is 4.79 Å². The van der Waals surface area contributed by atoms with Crippen LogP contribution in [0.25, 0.3) is 0 Å². The Morgan fingerprint density at radius 2 is 2.27 bits per heavy atom. The number of Topliss-reactive ketones (excluding diaryl/α,β-unsaturated/α-hetero) is 1. The molecule has 0 radical (unpaired) electrons. The summed E-state index contributed by atoms with van der Waals surface area (Å²) in [6, 6.07) is 0.318. The Balaban J connectivity index is 1.79. The van der Waals surface area contributed by atoms with Gasteiger partial charge in [-0.2, -0.15) is 0 Å². The predicted molar refractivity (Wildman–Crippen MR) is 57.3 cm³/mol. The molecule has 0 amide bonds. The molecular formula is C11H18N2O2. The maximum Gasteiger partial charge on any atom is 0.210 e. The van der Waals surface area contributed by atoms with Gasteiger partial charge in [0.05, 0.1) is 13.2 Å². The van der Waals surface area contributed by atoms with Gasteiger partial charge in [-0.05, 0) is 18.9 Å². The molecule has 84 valence electrons. The summed E-state index contributed by atoms with van der Waals surface area (Å²) in [5.74, 6) is 0.674. The van der Waals surface area contributed by atoms with E-state index in [0.717, 1.165) is 32.4 Å². The van der Waals surface area contributed by atoms with Crippen LogP contribution < -0.4 is 5.73 Å². The van der Waals surface area contributed by atoms with Crippen LogP contribution in [0.4, 0.5) is 0 Å². The number of carbonyl (C=O) groups is 1. The fourth-order valence-corrected chi connectivity index (χ4v) is 2.00. The number of carbonyl (C=O) groups excluding carboxylic acids is 1. The second-order valence-corrected chi connectivity index (χ2v) is 4.24. The predicted octanol–water partition coefficient (Wildman–Crippen LogP) is 0.283. The van der Waals surface area contributed by atoms with E-state index in [2.05, 4.69) is 4.90 Å². The highest BCUT2D eigenvalue weighted by Gasteiger charge is 2.21. The summed E-state index contributed by atoms with van der Waals surface area (Å²) >= 11 is 0. The molecule has 1 fully saturated rings. The van der Waals surface area contributed by atoms with E-state index >= 15 is 0 Å². The van der Waals surface area contributed by atoms with Crippen molar-refractivity contribution in [2.24, 2.45) is 5.73 Å². The third-order valence-electron chi connectivity index (χ3n) is 2.98. The molecule has 0 aliphatic carbocycles. The maximum absolute atomic E-state index is 11.7. The molecule has 0 aromatic carbocycles. The Kier molecular flexibility index (Phi) is 3.38. The van der Waals surface area contributed by atoms with Crippen LogP contribution in [0.1, 0.15) is 19.3 Å². The summed E-state index contributed by atoms with van der Waals surface area (Å²) in [5.41, 5.74) is 5.80. The lowest BCUT2D eigenvalue weighted by molar-refractivity contribution is -0.119. The quantitative estimate of drug-likeness (QED) is 0.727. The smallest absolute Gasteiger partial charge is 0.210 e. The minimum atomic E-state index is 0.114. The van der Waals surface area contributed by atoms with Crippen LogP contribution in [0.2, 0.25) is 0 Å². The fraction of sp³-hybridized carbons (Fsp3) is 0.727. The second-order valence-electron chi connectivity index (χ2n) is 4.24. The van der Waals surface area contributed by atoms with Gasteiger partial charge in [0, 0.05) is 25.6 Å². The summed E-state index contributed by atoms with van der Waals surface area (Å²) in [6.45, 7) is 3.00. The Morgan fingerprint density at radius 3 is 2.87 bits per heavy atom. The number of ether oxygens (including phenoxy) is 1. The van der Waals surface area contributed by atoms with Gasteiger partial charge in [0.1, 0.15) is 0 Å². The van der Waals surface area contributed by atoms with Crippen LogP contribution in [0.5, 0.6) is 0 Å². The average Bonchev–Trinajstić information content (AvgIpc) is 2.74. The molecule has 4 heteroatoms. The number of nitrogens with two attached hydrogens (primary N) is 1. The number of nitrogens with zero attached hydrogens (tertiary/aromatic N) is 1. The van der Waals surface area contributed by atoms with Gasteiger partial charge < -0.3 is 10.5 Å². The zero-order chi connectivity index (χ0) is 10.7. The van der Waals surface area contributed by atoms with Crippen LogP contribution in [0.3, 0.4) is 0 Å². The maximum atomic E-state index is 11.7. The standard InChI is InChI=1S/C11H18N2O2/c12-9-3-5-13(6-4-9)8-10(14)11-2-1-7-15-11/h2,9H,1,3-8,12H2. The number of ketones is 1. The second kappa shape index (κ2) is 4.77. The number of hydrogen-bond donors (Lipinski definition) is 1. The number of piperidine rings is 1. The lowest BCUT2D eigenvalue weighted by atomic mass is 10.1. The first-order chi connectivity index (χ1) is 7.25.